The number of oxime groups is 3. The van der Waals surface area contributed by atoms with E-state index >= 15 is 0 Å². The largest absolute Gasteiger partial charge is 0.502 e. The van der Waals surface area contributed by atoms with E-state index < -0.39 is 21.3 Å². The van der Waals surface area contributed by atoms with Crippen LogP contribution >= 0.6 is 0 Å². The molecule has 0 atom stereocenters. The normalized spacial score (nSPS) is 11.3. The monoisotopic (exact) mass is 569 g/mol. The predicted octanol–water partition coefficient (Wildman–Crippen LogP) is 5.89. The molecule has 0 aliphatic rings. The van der Waals surface area contributed by atoms with Crippen molar-refractivity contribution in [2.75, 3.05) is 0 Å². The van der Waals surface area contributed by atoms with Gasteiger partial charge in [-0.05, 0) is 66.1 Å². The lowest BCUT2D eigenvalue weighted by Crippen LogP contribution is -1.96. The van der Waals surface area contributed by atoms with Crippen LogP contribution in [-0.4, -0.2) is 33.6 Å². The van der Waals surface area contributed by atoms with Gasteiger partial charge >= 0.3 is 11.4 Å². The van der Waals surface area contributed by atoms with Crippen molar-refractivity contribution >= 4 is 30.0 Å². The van der Waals surface area contributed by atoms with Gasteiger partial charge in [0.25, 0.3) is 0 Å². The predicted molar refractivity (Wildman–Crippen MR) is 154 cm³/mol. The summed E-state index contributed by atoms with van der Waals surface area (Å²) in [7, 11) is 0. The Morgan fingerprint density at radius 2 is 1.26 bits per heavy atom. The molecule has 0 bridgehead atoms. The van der Waals surface area contributed by atoms with Crippen molar-refractivity contribution in [1.82, 2.24) is 0 Å². The average molecular weight is 570 g/mol. The first-order chi connectivity index (χ1) is 20.3. The van der Waals surface area contributed by atoms with E-state index in [2.05, 4.69) is 15.5 Å². The molecule has 4 rings (SSSR count). The van der Waals surface area contributed by atoms with Crippen molar-refractivity contribution in [3.63, 3.8) is 0 Å². The summed E-state index contributed by atoms with van der Waals surface area (Å²) in [6.45, 7) is 2.03. The van der Waals surface area contributed by atoms with E-state index in [1.54, 1.807) is 31.2 Å². The maximum atomic E-state index is 11.6. The maximum absolute atomic E-state index is 11.6. The highest BCUT2D eigenvalue weighted by atomic mass is 16.7. The highest BCUT2D eigenvalue weighted by Crippen LogP contribution is 2.28. The minimum Gasteiger partial charge on any atom is -0.502 e. The van der Waals surface area contributed by atoms with Gasteiger partial charge in [-0.3, -0.25) is 20.2 Å². The van der Waals surface area contributed by atoms with Gasteiger partial charge in [-0.15, -0.1) is 0 Å². The summed E-state index contributed by atoms with van der Waals surface area (Å²) in [5, 5.41) is 43.6. The van der Waals surface area contributed by atoms with Crippen LogP contribution in [0.2, 0.25) is 0 Å². The molecule has 0 aliphatic carbocycles. The second kappa shape index (κ2) is 13.8. The first-order valence-corrected chi connectivity index (χ1v) is 12.3. The fourth-order valence-corrected chi connectivity index (χ4v) is 3.53. The zero-order valence-corrected chi connectivity index (χ0v) is 22.1. The Hall–Kier alpha value is -6.11. The summed E-state index contributed by atoms with van der Waals surface area (Å²) in [4.78, 5) is 37.2. The molecule has 42 heavy (non-hydrogen) atoms. The molecule has 0 aromatic heterocycles. The molecule has 0 fully saturated rings. The van der Waals surface area contributed by atoms with Crippen molar-refractivity contribution in [3.8, 4) is 17.2 Å². The molecule has 0 saturated heterocycles. The molecule has 0 unspecified atom stereocenters. The second-order valence-corrected chi connectivity index (χ2v) is 8.66. The van der Waals surface area contributed by atoms with Crippen LogP contribution in [0, 0.1) is 27.2 Å². The summed E-state index contributed by atoms with van der Waals surface area (Å²) in [5.41, 5.74) is 2.33. The van der Waals surface area contributed by atoms with E-state index in [1.807, 2.05) is 30.3 Å². The average Bonchev–Trinajstić information content (AvgIpc) is 2.98. The first kappa shape index (κ1) is 28.9. The molecule has 0 saturated carbocycles. The number of aryl methyl sites for hydroxylation is 1. The third-order valence-corrected chi connectivity index (χ3v) is 5.63. The van der Waals surface area contributed by atoms with E-state index in [-0.39, 0.29) is 18.0 Å². The van der Waals surface area contributed by atoms with Crippen LogP contribution in [0.25, 0.3) is 0 Å². The van der Waals surface area contributed by atoms with Gasteiger partial charge in [-0.25, -0.2) is 0 Å². The fourth-order valence-electron chi connectivity index (χ4n) is 3.53. The van der Waals surface area contributed by atoms with Gasteiger partial charge in [0.15, 0.2) is 11.5 Å². The van der Waals surface area contributed by atoms with Crippen LogP contribution < -0.4 is 9.68 Å². The number of benzene rings is 4. The van der Waals surface area contributed by atoms with Crippen molar-refractivity contribution in [1.29, 1.82) is 0 Å². The van der Waals surface area contributed by atoms with E-state index in [9.17, 15) is 25.3 Å². The minimum atomic E-state index is -0.700. The summed E-state index contributed by atoms with van der Waals surface area (Å²) in [6.07, 6.45) is 4.02. The Morgan fingerprint density at radius 3 is 1.90 bits per heavy atom. The number of phenolic OH excluding ortho intramolecular Hbond substituents is 1. The van der Waals surface area contributed by atoms with E-state index in [0.29, 0.717) is 28.0 Å². The number of hydrogen-bond acceptors (Lipinski definition) is 11. The Balaban J connectivity index is 1.35. The highest BCUT2D eigenvalue weighted by molar-refractivity contribution is 5.82. The molecule has 0 spiro atoms. The zero-order valence-electron chi connectivity index (χ0n) is 22.1. The second-order valence-electron chi connectivity index (χ2n) is 8.66. The van der Waals surface area contributed by atoms with Crippen LogP contribution in [0.3, 0.4) is 0 Å². The molecule has 0 aliphatic heterocycles. The molecule has 0 amide bonds. The third-order valence-electron chi connectivity index (χ3n) is 5.63. The first-order valence-electron chi connectivity index (χ1n) is 12.3. The van der Waals surface area contributed by atoms with Crippen LogP contribution in [0.15, 0.2) is 100 Å². The van der Waals surface area contributed by atoms with Gasteiger partial charge in [-0.1, -0.05) is 45.8 Å². The maximum Gasteiger partial charge on any atom is 0.315 e. The van der Waals surface area contributed by atoms with Crippen molar-refractivity contribution in [2.45, 2.75) is 13.5 Å². The summed E-state index contributed by atoms with van der Waals surface area (Å²) >= 11 is 0. The van der Waals surface area contributed by atoms with Gasteiger partial charge in [0.2, 0.25) is 5.75 Å². The number of phenols is 1. The van der Waals surface area contributed by atoms with Crippen molar-refractivity contribution in [2.24, 2.45) is 15.5 Å². The Labute approximate surface area is 238 Å². The molecule has 0 radical (unpaired) electrons. The summed E-state index contributed by atoms with van der Waals surface area (Å²) in [5.74, 6) is -0.0891. The van der Waals surface area contributed by atoms with Gasteiger partial charge in [0, 0.05) is 23.3 Å². The van der Waals surface area contributed by atoms with Crippen LogP contribution in [0.5, 0.6) is 17.2 Å². The molecule has 212 valence electrons. The van der Waals surface area contributed by atoms with Crippen LogP contribution in [0.1, 0.15) is 27.8 Å². The van der Waals surface area contributed by atoms with Gasteiger partial charge in [0.05, 0.1) is 28.5 Å². The van der Waals surface area contributed by atoms with Gasteiger partial charge < -0.3 is 19.6 Å². The number of rotatable bonds is 12. The fraction of sp³-hybridized carbons (Fsp3) is 0.0690. The Kier molecular flexibility index (Phi) is 9.49. The molecular weight excluding hydrogens is 546 g/mol. The smallest absolute Gasteiger partial charge is 0.315 e. The van der Waals surface area contributed by atoms with Crippen LogP contribution in [0.4, 0.5) is 11.4 Å². The topological polar surface area (TPSA) is 171 Å². The SMILES string of the molecule is Cc1cc(/C=N/Oc2ccc(/C=N/OCc3ccccc3)cc2[N+](=O)[O-])ccc1O/N=C/c1ccc(O)c([N+](=O)[O-])c1. The molecule has 0 heterocycles. The van der Waals surface area contributed by atoms with Gasteiger partial charge in [0.1, 0.15) is 6.61 Å². The number of nitrogens with zero attached hydrogens (tertiary/aromatic N) is 5. The molecular formula is C29H23N5O8. The number of aromatic hydroxyl groups is 1. The molecule has 13 nitrogen and oxygen atoms in total. The molecule has 1 N–H and O–H groups in total. The Morgan fingerprint density at radius 1 is 0.714 bits per heavy atom. The van der Waals surface area contributed by atoms with E-state index in [0.717, 1.165) is 5.56 Å². The molecule has 4 aromatic carbocycles. The van der Waals surface area contributed by atoms with E-state index in [1.165, 1.54) is 49.0 Å². The lowest BCUT2D eigenvalue weighted by atomic mass is 10.1. The summed E-state index contributed by atoms with van der Waals surface area (Å²) in [6, 6.07) is 22.6. The lowest BCUT2D eigenvalue weighted by molar-refractivity contribution is -0.386. The van der Waals surface area contributed by atoms with Gasteiger partial charge in [-0.2, -0.15) is 0 Å². The summed E-state index contributed by atoms with van der Waals surface area (Å²) < 4.78 is 0. The van der Waals surface area contributed by atoms with Crippen molar-refractivity contribution in [3.05, 3.63) is 133 Å². The molecule has 13 heteroatoms. The minimum absolute atomic E-state index is 0.0564. The molecule has 4 aromatic rings. The lowest BCUT2D eigenvalue weighted by Gasteiger charge is -2.04. The standard InChI is InChI=1S/C29H23N5O8/c1-20-13-22(8-11-28(20)41-31-18-23-7-10-27(35)25(14-23)33(36)37)17-32-42-29-12-9-24(15-26(29)34(38)39)16-30-40-19-21-5-3-2-4-6-21/h2-18,35H,19H2,1H3/b30-16+,31-18+,32-17+. The number of hydrogen-bond donors (Lipinski definition) is 1. The zero-order chi connectivity index (χ0) is 29.9. The van der Waals surface area contributed by atoms with E-state index in [4.69, 9.17) is 14.5 Å². The Bertz CT molecular complexity index is 1670. The number of nitro groups is 2. The number of nitro benzene ring substituents is 2. The third kappa shape index (κ3) is 7.95. The highest BCUT2D eigenvalue weighted by Gasteiger charge is 2.16. The quantitative estimate of drug-likeness (QED) is 0.125. The van der Waals surface area contributed by atoms with Crippen molar-refractivity contribution < 1.29 is 29.5 Å². The van der Waals surface area contributed by atoms with Crippen LogP contribution in [-0.2, 0) is 11.4 Å².